The van der Waals surface area contributed by atoms with Crippen LogP contribution in [-0.2, 0) is 0 Å². The van der Waals surface area contributed by atoms with Gasteiger partial charge in [-0.1, -0.05) is 6.42 Å². The zero-order chi connectivity index (χ0) is 8.39. The van der Waals surface area contributed by atoms with E-state index < -0.39 is 0 Å². The Morgan fingerprint density at radius 1 is 1.33 bits per heavy atom. The molecular formula is C10H19NS. The fourth-order valence-electron chi connectivity index (χ4n) is 2.11. The molecule has 1 nitrogen and oxygen atoms in total. The quantitative estimate of drug-likeness (QED) is 0.724. The van der Waals surface area contributed by atoms with Crippen LogP contribution < -0.4 is 5.32 Å². The molecule has 0 aromatic carbocycles. The summed E-state index contributed by atoms with van der Waals surface area (Å²) in [6.45, 7) is 2.37. The van der Waals surface area contributed by atoms with Crippen molar-refractivity contribution in [3.8, 4) is 0 Å². The minimum atomic E-state index is 0.780. The Bertz CT molecular complexity index is 139. The minimum Gasteiger partial charge on any atom is -0.310 e. The number of hydrogen-bond acceptors (Lipinski definition) is 2. The second-order valence-corrected chi connectivity index (χ2v) is 5.36. The topological polar surface area (TPSA) is 12.0 Å². The molecule has 0 radical (unpaired) electrons. The van der Waals surface area contributed by atoms with Gasteiger partial charge in [0.25, 0.3) is 0 Å². The van der Waals surface area contributed by atoms with Gasteiger partial charge >= 0.3 is 0 Å². The molecule has 1 aliphatic heterocycles. The lowest BCUT2D eigenvalue weighted by atomic mass is 9.80. The highest BCUT2D eigenvalue weighted by molar-refractivity contribution is 7.99. The smallest absolute Gasteiger partial charge is 0.0168 e. The van der Waals surface area contributed by atoms with Crippen LogP contribution in [0, 0.1) is 5.92 Å². The van der Waals surface area contributed by atoms with Gasteiger partial charge in [-0.3, -0.25) is 0 Å². The van der Waals surface area contributed by atoms with Crippen LogP contribution in [0.3, 0.4) is 0 Å². The Morgan fingerprint density at radius 2 is 2.17 bits per heavy atom. The second-order valence-electron chi connectivity index (χ2n) is 4.21. The van der Waals surface area contributed by atoms with E-state index in [2.05, 4.69) is 24.0 Å². The molecule has 2 fully saturated rings. The van der Waals surface area contributed by atoms with Crippen molar-refractivity contribution in [1.29, 1.82) is 0 Å². The normalized spacial score (nSPS) is 33.2. The molecule has 0 aromatic heterocycles. The highest BCUT2D eigenvalue weighted by Gasteiger charge is 2.26. The van der Waals surface area contributed by atoms with E-state index in [4.69, 9.17) is 0 Å². The van der Waals surface area contributed by atoms with Crippen molar-refractivity contribution < 1.29 is 0 Å². The summed E-state index contributed by atoms with van der Waals surface area (Å²) in [7, 11) is 0. The van der Waals surface area contributed by atoms with Gasteiger partial charge in [-0.05, 0) is 37.9 Å². The molecular weight excluding hydrogens is 166 g/mol. The summed E-state index contributed by atoms with van der Waals surface area (Å²) in [5, 5.41) is 3.76. The summed E-state index contributed by atoms with van der Waals surface area (Å²) in [4.78, 5) is 0. The summed E-state index contributed by atoms with van der Waals surface area (Å²) in [6, 6.07) is 1.60. The van der Waals surface area contributed by atoms with Gasteiger partial charge in [0, 0.05) is 17.8 Å². The summed E-state index contributed by atoms with van der Waals surface area (Å²) in [5.74, 6) is 3.71. The fraction of sp³-hybridized carbons (Fsp3) is 1.00. The Hall–Kier alpha value is 0.310. The lowest BCUT2D eigenvalue weighted by Crippen LogP contribution is -2.43. The van der Waals surface area contributed by atoms with Crippen molar-refractivity contribution in [2.75, 3.05) is 11.5 Å². The molecule has 2 atom stereocenters. The number of thioether (sulfide) groups is 1. The Kier molecular flexibility index (Phi) is 2.97. The lowest BCUT2D eigenvalue weighted by Gasteiger charge is -2.33. The highest BCUT2D eigenvalue weighted by Crippen LogP contribution is 2.30. The first-order chi connectivity index (χ1) is 5.86. The third-order valence-electron chi connectivity index (χ3n) is 3.29. The monoisotopic (exact) mass is 185 g/mol. The van der Waals surface area contributed by atoms with Crippen LogP contribution in [0.2, 0.25) is 0 Å². The standard InChI is InChI=1S/C10H19NS/c1-8(9-3-2-4-9)11-10-5-6-12-7-10/h8-11H,2-7H2,1H3/t8-,10?/m1/s1. The number of nitrogens with one attached hydrogen (secondary N) is 1. The van der Waals surface area contributed by atoms with Crippen LogP contribution in [-0.4, -0.2) is 23.6 Å². The van der Waals surface area contributed by atoms with Crippen molar-refractivity contribution in [2.45, 2.75) is 44.7 Å². The predicted molar refractivity (Wildman–Crippen MR) is 55.7 cm³/mol. The maximum absolute atomic E-state index is 3.76. The van der Waals surface area contributed by atoms with Crippen LogP contribution >= 0.6 is 11.8 Å². The maximum atomic E-state index is 3.76. The van der Waals surface area contributed by atoms with Crippen molar-refractivity contribution in [3.63, 3.8) is 0 Å². The number of hydrogen-bond donors (Lipinski definition) is 1. The maximum Gasteiger partial charge on any atom is 0.0168 e. The van der Waals surface area contributed by atoms with Crippen LogP contribution in [0.1, 0.15) is 32.6 Å². The Morgan fingerprint density at radius 3 is 2.67 bits per heavy atom. The summed E-state index contributed by atoms with van der Waals surface area (Å²) < 4.78 is 0. The molecule has 1 aliphatic carbocycles. The number of rotatable bonds is 3. The van der Waals surface area contributed by atoms with Crippen LogP contribution in [0.25, 0.3) is 0 Å². The minimum absolute atomic E-state index is 0.780. The first-order valence-electron chi connectivity index (χ1n) is 5.20. The summed E-state index contributed by atoms with van der Waals surface area (Å²) >= 11 is 2.10. The molecule has 0 spiro atoms. The van der Waals surface area contributed by atoms with Crippen LogP contribution in [0.5, 0.6) is 0 Å². The van der Waals surface area contributed by atoms with E-state index in [1.54, 1.807) is 0 Å². The molecule has 0 amide bonds. The molecule has 1 saturated heterocycles. The summed E-state index contributed by atoms with van der Waals surface area (Å²) in [5.41, 5.74) is 0. The van der Waals surface area contributed by atoms with Gasteiger partial charge in [0.05, 0.1) is 0 Å². The zero-order valence-corrected chi connectivity index (χ0v) is 8.70. The van der Waals surface area contributed by atoms with Gasteiger partial charge in [-0.2, -0.15) is 11.8 Å². The molecule has 12 heavy (non-hydrogen) atoms. The van der Waals surface area contributed by atoms with E-state index in [1.165, 1.54) is 37.2 Å². The third kappa shape index (κ3) is 1.97. The average molecular weight is 185 g/mol. The molecule has 70 valence electrons. The van der Waals surface area contributed by atoms with E-state index in [0.717, 1.165) is 18.0 Å². The van der Waals surface area contributed by atoms with E-state index in [1.807, 2.05) is 0 Å². The second kappa shape index (κ2) is 4.01. The molecule has 2 heteroatoms. The third-order valence-corrected chi connectivity index (χ3v) is 4.45. The van der Waals surface area contributed by atoms with Crippen molar-refractivity contribution in [1.82, 2.24) is 5.32 Å². The molecule has 1 heterocycles. The van der Waals surface area contributed by atoms with E-state index in [-0.39, 0.29) is 0 Å². The Labute approximate surface area is 79.7 Å². The van der Waals surface area contributed by atoms with Crippen molar-refractivity contribution in [3.05, 3.63) is 0 Å². The van der Waals surface area contributed by atoms with E-state index >= 15 is 0 Å². The van der Waals surface area contributed by atoms with Gasteiger partial charge in [-0.25, -0.2) is 0 Å². The van der Waals surface area contributed by atoms with Crippen molar-refractivity contribution >= 4 is 11.8 Å². The van der Waals surface area contributed by atoms with E-state index in [0.29, 0.717) is 0 Å². The van der Waals surface area contributed by atoms with Crippen LogP contribution in [0.4, 0.5) is 0 Å². The zero-order valence-electron chi connectivity index (χ0n) is 7.88. The molecule has 2 aliphatic rings. The van der Waals surface area contributed by atoms with Gasteiger partial charge in [0.1, 0.15) is 0 Å². The van der Waals surface area contributed by atoms with Gasteiger partial charge in [-0.15, -0.1) is 0 Å². The van der Waals surface area contributed by atoms with Gasteiger partial charge in [0.2, 0.25) is 0 Å². The fourth-order valence-corrected chi connectivity index (χ4v) is 3.28. The molecule has 1 saturated carbocycles. The molecule has 0 bridgehead atoms. The average Bonchev–Trinajstić information content (AvgIpc) is 2.34. The summed E-state index contributed by atoms with van der Waals surface area (Å²) in [6.07, 6.45) is 5.79. The van der Waals surface area contributed by atoms with Crippen LogP contribution in [0.15, 0.2) is 0 Å². The largest absolute Gasteiger partial charge is 0.310 e. The molecule has 0 aromatic rings. The Balaban J connectivity index is 1.69. The molecule has 2 rings (SSSR count). The van der Waals surface area contributed by atoms with Gasteiger partial charge < -0.3 is 5.32 Å². The first kappa shape index (κ1) is 8.89. The first-order valence-corrected chi connectivity index (χ1v) is 6.35. The molecule has 1 N–H and O–H groups in total. The lowest BCUT2D eigenvalue weighted by molar-refractivity contribution is 0.230. The van der Waals surface area contributed by atoms with Crippen molar-refractivity contribution in [2.24, 2.45) is 5.92 Å². The van der Waals surface area contributed by atoms with Gasteiger partial charge in [0.15, 0.2) is 0 Å². The van der Waals surface area contributed by atoms with E-state index in [9.17, 15) is 0 Å². The molecule has 1 unspecified atom stereocenters. The predicted octanol–water partition coefficient (Wildman–Crippen LogP) is 2.27. The highest BCUT2D eigenvalue weighted by atomic mass is 32.2. The SMILES string of the molecule is C[C@@H](NC1CCSC1)C1CCC1.